The second-order valence-electron chi connectivity index (χ2n) is 8.56. The van der Waals surface area contributed by atoms with Gasteiger partial charge < -0.3 is 19.5 Å². The summed E-state index contributed by atoms with van der Waals surface area (Å²) in [5.74, 6) is -0.408. The molecule has 0 saturated carbocycles. The van der Waals surface area contributed by atoms with E-state index >= 15 is 0 Å². The third-order valence-corrected chi connectivity index (χ3v) is 8.15. The van der Waals surface area contributed by atoms with Gasteiger partial charge in [-0.1, -0.05) is 59.0 Å². The van der Waals surface area contributed by atoms with Crippen LogP contribution in [0.2, 0.25) is 0 Å². The number of esters is 1. The van der Waals surface area contributed by atoms with Crippen LogP contribution >= 0.6 is 22.6 Å². The van der Waals surface area contributed by atoms with Gasteiger partial charge in [0, 0.05) is 5.56 Å². The summed E-state index contributed by atoms with van der Waals surface area (Å²) in [5.41, 5.74) is 1.12. The molecule has 2 bridgehead atoms. The first kappa shape index (κ1) is 23.0. The Morgan fingerprint density at radius 2 is 1.78 bits per heavy atom. The van der Waals surface area contributed by atoms with Gasteiger partial charge in [-0.2, -0.15) is 0 Å². The molecule has 2 aliphatic heterocycles. The van der Waals surface area contributed by atoms with E-state index < -0.39 is 17.8 Å². The number of ether oxygens (including phenoxy) is 3. The molecule has 1 N–H and O–H groups in total. The number of benzene rings is 2. The number of aromatic nitrogens is 4. The number of hydrogen-bond acceptors (Lipinski definition) is 8. The average molecular weight is 597 g/mol. The van der Waals surface area contributed by atoms with E-state index in [0.29, 0.717) is 34.7 Å². The fraction of sp³-hybridized carbons (Fsp3) is 0.240. The molecule has 4 heterocycles. The van der Waals surface area contributed by atoms with Crippen molar-refractivity contribution in [1.82, 2.24) is 19.5 Å². The van der Waals surface area contributed by atoms with E-state index in [4.69, 9.17) is 14.2 Å². The van der Waals surface area contributed by atoms with Crippen molar-refractivity contribution in [3.63, 3.8) is 0 Å². The predicted octanol–water partition coefficient (Wildman–Crippen LogP) is 3.41. The number of anilines is 1. The Morgan fingerprint density at radius 3 is 2.53 bits per heavy atom. The molecule has 2 aromatic carbocycles. The van der Waals surface area contributed by atoms with Crippen LogP contribution in [-0.2, 0) is 14.2 Å². The molecule has 2 saturated heterocycles. The first-order valence-electron chi connectivity index (χ1n) is 11.3. The maximum absolute atomic E-state index is 12.6. The second kappa shape index (κ2) is 9.22. The van der Waals surface area contributed by atoms with Crippen molar-refractivity contribution < 1.29 is 23.8 Å². The summed E-state index contributed by atoms with van der Waals surface area (Å²) in [6, 6.07) is 17.7. The van der Waals surface area contributed by atoms with Crippen molar-refractivity contribution in [3.8, 4) is 0 Å². The highest BCUT2D eigenvalue weighted by atomic mass is 127. The Kier molecular flexibility index (Phi) is 5.90. The Morgan fingerprint density at radius 1 is 1.06 bits per heavy atom. The van der Waals surface area contributed by atoms with Crippen LogP contribution < -0.4 is 5.32 Å². The maximum atomic E-state index is 12.6. The van der Waals surface area contributed by atoms with Crippen molar-refractivity contribution in [2.75, 3.05) is 18.5 Å². The maximum Gasteiger partial charge on any atom is 0.338 e. The summed E-state index contributed by atoms with van der Waals surface area (Å²) in [5, 5.41) is 2.81. The minimum Gasteiger partial charge on any atom is -0.459 e. The van der Waals surface area contributed by atoms with Gasteiger partial charge in [0.15, 0.2) is 23.2 Å². The molecule has 36 heavy (non-hydrogen) atoms. The van der Waals surface area contributed by atoms with Gasteiger partial charge in [0.25, 0.3) is 5.91 Å². The number of rotatable bonds is 6. The number of alkyl halides is 1. The fourth-order valence-corrected chi connectivity index (χ4v) is 5.52. The van der Waals surface area contributed by atoms with Gasteiger partial charge in [-0.05, 0) is 24.3 Å². The highest BCUT2D eigenvalue weighted by Crippen LogP contribution is 2.49. The molecule has 4 atom stereocenters. The van der Waals surface area contributed by atoms with Crippen LogP contribution in [0.25, 0.3) is 11.2 Å². The zero-order valence-electron chi connectivity index (χ0n) is 18.8. The molecular weight excluding hydrogens is 577 g/mol. The number of nitrogens with zero attached hydrogens (tertiary/aromatic N) is 4. The third-order valence-electron chi connectivity index (χ3n) is 6.31. The molecule has 0 spiro atoms. The van der Waals surface area contributed by atoms with Gasteiger partial charge in [0.2, 0.25) is 0 Å². The van der Waals surface area contributed by atoms with E-state index in [2.05, 4.69) is 42.9 Å². The normalized spacial score (nSPS) is 24.6. The molecule has 0 aliphatic carbocycles. The minimum absolute atomic E-state index is 0.0569. The molecular formula is C25H20IN5O5. The van der Waals surface area contributed by atoms with Crippen molar-refractivity contribution in [2.24, 2.45) is 0 Å². The first-order chi connectivity index (χ1) is 17.6. The molecule has 6 rings (SSSR count). The van der Waals surface area contributed by atoms with Gasteiger partial charge in [0.1, 0.15) is 24.6 Å². The van der Waals surface area contributed by atoms with Crippen LogP contribution in [0.4, 0.5) is 5.82 Å². The van der Waals surface area contributed by atoms with E-state index in [-0.39, 0.29) is 22.5 Å². The van der Waals surface area contributed by atoms with Crippen LogP contribution in [0.5, 0.6) is 0 Å². The van der Waals surface area contributed by atoms with Crippen molar-refractivity contribution in [1.29, 1.82) is 0 Å². The lowest BCUT2D eigenvalue weighted by Crippen LogP contribution is -2.43. The molecule has 2 aromatic heterocycles. The Balaban J connectivity index is 1.23. The Hall–Kier alpha value is -3.42. The SMILES string of the molecule is O=C(Nc1ncnc2c1ncn2[C@@H]1O[C@@]2(COC(=O)c3ccccc3)CO[C@H]1C2I)c1ccccc1. The lowest BCUT2D eigenvalue weighted by Gasteiger charge is -2.30. The largest absolute Gasteiger partial charge is 0.459 e. The summed E-state index contributed by atoms with van der Waals surface area (Å²) in [4.78, 5) is 38.2. The smallest absolute Gasteiger partial charge is 0.338 e. The standard InChI is InChI=1S/C25H20IN5O5/c26-19-18-23(36-25(19,11-34-18)12-35-24(33)16-9-5-2-6-10-16)31-14-29-17-20(27-13-28-21(17)31)30-22(32)15-7-3-1-4-8-15/h1-10,13-14,18-19,23H,11-12H2,(H,27,28,30,32)/t18-,19?,23+,25+/m0/s1. The van der Waals surface area contributed by atoms with Crippen LogP contribution in [0, 0.1) is 0 Å². The summed E-state index contributed by atoms with van der Waals surface area (Å²) in [6.45, 7) is 0.366. The van der Waals surface area contributed by atoms with E-state index in [1.165, 1.54) is 6.33 Å². The van der Waals surface area contributed by atoms with Gasteiger partial charge in [0.05, 0.1) is 22.4 Å². The number of amides is 1. The van der Waals surface area contributed by atoms with Gasteiger partial charge >= 0.3 is 5.97 Å². The zero-order chi connectivity index (χ0) is 24.7. The van der Waals surface area contributed by atoms with E-state index in [0.717, 1.165) is 0 Å². The second-order valence-corrected chi connectivity index (χ2v) is 9.90. The highest BCUT2D eigenvalue weighted by Gasteiger charge is 2.62. The topological polar surface area (TPSA) is 117 Å². The number of carbonyl (C=O) groups excluding carboxylic acids is 2. The Labute approximate surface area is 219 Å². The molecule has 2 aliphatic rings. The molecule has 1 amide bonds. The number of imidazole rings is 1. The van der Waals surface area contributed by atoms with E-state index in [9.17, 15) is 9.59 Å². The first-order valence-corrected chi connectivity index (χ1v) is 12.5. The molecule has 11 heteroatoms. The van der Waals surface area contributed by atoms with Crippen molar-refractivity contribution in [3.05, 3.63) is 84.4 Å². The molecule has 10 nitrogen and oxygen atoms in total. The molecule has 2 fully saturated rings. The summed E-state index contributed by atoms with van der Waals surface area (Å²) < 4.78 is 19.8. The third kappa shape index (κ3) is 3.92. The summed E-state index contributed by atoms with van der Waals surface area (Å²) in [7, 11) is 0. The van der Waals surface area contributed by atoms with Gasteiger partial charge in [-0.15, -0.1) is 0 Å². The average Bonchev–Trinajstić information content (AvgIpc) is 3.58. The van der Waals surface area contributed by atoms with Crippen molar-refractivity contribution >= 4 is 51.4 Å². The van der Waals surface area contributed by atoms with Crippen LogP contribution in [0.15, 0.2) is 73.3 Å². The lowest BCUT2D eigenvalue weighted by atomic mass is 10.0. The van der Waals surface area contributed by atoms with Gasteiger partial charge in [-0.3, -0.25) is 9.36 Å². The summed E-state index contributed by atoms with van der Waals surface area (Å²) in [6.07, 6.45) is 2.14. The molecule has 4 aromatic rings. The number of fused-ring (bicyclic) bond motifs is 3. The van der Waals surface area contributed by atoms with Crippen LogP contribution in [0.3, 0.4) is 0 Å². The predicted molar refractivity (Wildman–Crippen MR) is 137 cm³/mol. The van der Waals surface area contributed by atoms with Crippen LogP contribution in [0.1, 0.15) is 26.9 Å². The number of carbonyl (C=O) groups is 2. The van der Waals surface area contributed by atoms with Crippen molar-refractivity contribution in [2.45, 2.75) is 21.9 Å². The fourth-order valence-electron chi connectivity index (χ4n) is 4.45. The zero-order valence-corrected chi connectivity index (χ0v) is 20.9. The number of nitrogens with one attached hydrogen (secondary N) is 1. The molecule has 182 valence electrons. The lowest BCUT2D eigenvalue weighted by molar-refractivity contribution is -0.182. The van der Waals surface area contributed by atoms with E-state index in [1.807, 2.05) is 12.1 Å². The van der Waals surface area contributed by atoms with E-state index in [1.54, 1.807) is 59.4 Å². The highest BCUT2D eigenvalue weighted by molar-refractivity contribution is 14.1. The number of halogens is 1. The quantitative estimate of drug-likeness (QED) is 0.204. The monoisotopic (exact) mass is 597 g/mol. The minimum atomic E-state index is -0.797. The van der Waals surface area contributed by atoms with Crippen LogP contribution in [-0.4, -0.2) is 60.2 Å². The van der Waals surface area contributed by atoms with Gasteiger partial charge in [-0.25, -0.2) is 19.7 Å². The molecule has 1 unspecified atom stereocenters. The number of hydrogen-bond donors (Lipinski definition) is 1. The Bertz CT molecular complexity index is 1430. The summed E-state index contributed by atoms with van der Waals surface area (Å²) >= 11 is 2.29. The molecule has 0 radical (unpaired) electrons.